The molecule has 2 amide bonds. The molecule has 1 saturated carbocycles. The Morgan fingerprint density at radius 1 is 1.10 bits per heavy atom. The molecule has 0 radical (unpaired) electrons. The van der Waals surface area contributed by atoms with Crippen molar-refractivity contribution in [3.05, 3.63) is 0 Å². The molecule has 5 heteroatoms. The number of carboxylic acids is 1. The van der Waals surface area contributed by atoms with Gasteiger partial charge in [0, 0.05) is 18.6 Å². The Balaban J connectivity index is 1.97. The average Bonchev–Trinajstić information content (AvgIpc) is 2.42. The Morgan fingerprint density at radius 2 is 1.80 bits per heavy atom. The second-order valence-corrected chi connectivity index (χ2v) is 6.34. The highest BCUT2D eigenvalue weighted by atomic mass is 16.4. The minimum Gasteiger partial charge on any atom is -0.481 e. The zero-order valence-corrected chi connectivity index (χ0v) is 12.5. The third kappa shape index (κ3) is 3.25. The number of amides is 2. The second-order valence-electron chi connectivity index (χ2n) is 6.34. The molecule has 0 aromatic carbocycles. The van der Waals surface area contributed by atoms with Crippen molar-refractivity contribution < 1.29 is 14.7 Å². The summed E-state index contributed by atoms with van der Waals surface area (Å²) in [5.74, 6) is -0.698. The van der Waals surface area contributed by atoms with Gasteiger partial charge in [-0.05, 0) is 38.5 Å². The van der Waals surface area contributed by atoms with Gasteiger partial charge >= 0.3 is 12.0 Å². The van der Waals surface area contributed by atoms with Gasteiger partial charge in [0.15, 0.2) is 0 Å². The molecule has 0 aromatic rings. The molecule has 1 aliphatic carbocycles. The third-order valence-corrected chi connectivity index (χ3v) is 5.03. The van der Waals surface area contributed by atoms with Gasteiger partial charge in [-0.1, -0.05) is 19.8 Å². The molecule has 0 spiro atoms. The van der Waals surface area contributed by atoms with Crippen LogP contribution in [0.25, 0.3) is 0 Å². The summed E-state index contributed by atoms with van der Waals surface area (Å²) in [5, 5.41) is 12.2. The number of hydrogen-bond acceptors (Lipinski definition) is 2. The molecular weight excluding hydrogens is 256 g/mol. The minimum atomic E-state index is -0.782. The van der Waals surface area contributed by atoms with Crippen LogP contribution in [-0.4, -0.2) is 40.6 Å². The van der Waals surface area contributed by atoms with Crippen LogP contribution < -0.4 is 5.32 Å². The quantitative estimate of drug-likeness (QED) is 0.817. The maximum absolute atomic E-state index is 12.4. The fraction of sp³-hybridized carbons (Fsp3) is 0.867. The van der Waals surface area contributed by atoms with E-state index in [9.17, 15) is 14.7 Å². The lowest BCUT2D eigenvalue weighted by molar-refractivity contribution is -0.143. The number of carboxylic acid groups (broad SMARTS) is 1. The minimum absolute atomic E-state index is 0.0813. The predicted molar refractivity (Wildman–Crippen MR) is 76.5 cm³/mol. The second kappa shape index (κ2) is 6.46. The number of urea groups is 1. The van der Waals surface area contributed by atoms with Crippen LogP contribution in [0, 0.1) is 11.8 Å². The van der Waals surface area contributed by atoms with Crippen molar-refractivity contribution in [3.8, 4) is 0 Å². The Labute approximate surface area is 120 Å². The van der Waals surface area contributed by atoms with Crippen molar-refractivity contribution in [1.29, 1.82) is 0 Å². The first kappa shape index (κ1) is 15.1. The number of likely N-dealkylation sites (tertiary alicyclic amines) is 1. The molecular formula is C15H26N2O3. The molecule has 4 unspecified atom stereocenters. The van der Waals surface area contributed by atoms with Gasteiger partial charge in [0.05, 0.1) is 5.92 Å². The highest BCUT2D eigenvalue weighted by molar-refractivity contribution is 5.77. The zero-order chi connectivity index (χ0) is 14.7. The van der Waals surface area contributed by atoms with E-state index < -0.39 is 11.9 Å². The topological polar surface area (TPSA) is 69.6 Å². The molecule has 114 valence electrons. The van der Waals surface area contributed by atoms with E-state index in [0.29, 0.717) is 12.3 Å². The van der Waals surface area contributed by atoms with Crippen molar-refractivity contribution in [2.24, 2.45) is 11.8 Å². The van der Waals surface area contributed by atoms with Gasteiger partial charge < -0.3 is 15.3 Å². The fourth-order valence-electron chi connectivity index (χ4n) is 3.46. The SMILES string of the molecule is CC1CCCN(C(=O)NC2CCCCC2C(=O)O)C1C. The number of piperidine rings is 1. The van der Waals surface area contributed by atoms with Crippen LogP contribution in [0.4, 0.5) is 4.79 Å². The maximum Gasteiger partial charge on any atom is 0.317 e. The number of carbonyl (C=O) groups excluding carboxylic acids is 1. The highest BCUT2D eigenvalue weighted by Crippen LogP contribution is 2.26. The molecule has 0 bridgehead atoms. The van der Waals surface area contributed by atoms with Crippen molar-refractivity contribution in [2.45, 2.75) is 64.5 Å². The molecule has 1 heterocycles. The zero-order valence-electron chi connectivity index (χ0n) is 12.5. The lowest BCUT2D eigenvalue weighted by atomic mass is 9.84. The van der Waals surface area contributed by atoms with E-state index in [1.54, 1.807) is 0 Å². The van der Waals surface area contributed by atoms with Crippen LogP contribution in [0.5, 0.6) is 0 Å². The van der Waals surface area contributed by atoms with Gasteiger partial charge in [0.1, 0.15) is 0 Å². The highest BCUT2D eigenvalue weighted by Gasteiger charge is 2.35. The van der Waals surface area contributed by atoms with Crippen LogP contribution in [0.15, 0.2) is 0 Å². The lowest BCUT2D eigenvalue weighted by Crippen LogP contribution is -2.55. The largest absolute Gasteiger partial charge is 0.481 e. The molecule has 20 heavy (non-hydrogen) atoms. The Bertz CT molecular complexity index is 372. The predicted octanol–water partition coefficient (Wildman–Crippen LogP) is 2.46. The van der Waals surface area contributed by atoms with Gasteiger partial charge in [-0.25, -0.2) is 4.79 Å². The molecule has 1 aliphatic heterocycles. The van der Waals surface area contributed by atoms with Gasteiger partial charge in [-0.2, -0.15) is 0 Å². The third-order valence-electron chi connectivity index (χ3n) is 5.03. The Kier molecular flexibility index (Phi) is 4.89. The van der Waals surface area contributed by atoms with Crippen LogP contribution >= 0.6 is 0 Å². The number of nitrogens with zero attached hydrogens (tertiary/aromatic N) is 1. The molecule has 4 atom stereocenters. The van der Waals surface area contributed by atoms with E-state index in [-0.39, 0.29) is 18.1 Å². The number of rotatable bonds is 2. The van der Waals surface area contributed by atoms with Crippen LogP contribution in [0.3, 0.4) is 0 Å². The Hall–Kier alpha value is -1.26. The first-order chi connectivity index (χ1) is 9.50. The lowest BCUT2D eigenvalue weighted by Gasteiger charge is -2.39. The standard InChI is InChI=1S/C15H26N2O3/c1-10-6-5-9-17(11(10)2)15(20)16-13-8-4-3-7-12(13)14(18)19/h10-13H,3-9H2,1-2H3,(H,16,20)(H,18,19). The van der Waals surface area contributed by atoms with Crippen molar-refractivity contribution in [1.82, 2.24) is 10.2 Å². The van der Waals surface area contributed by atoms with Gasteiger partial charge in [-0.15, -0.1) is 0 Å². The summed E-state index contributed by atoms with van der Waals surface area (Å²) in [6.07, 6.45) is 5.59. The van der Waals surface area contributed by atoms with Crippen LogP contribution in [0.1, 0.15) is 52.4 Å². The molecule has 0 aromatic heterocycles. The first-order valence-electron chi connectivity index (χ1n) is 7.80. The van der Waals surface area contributed by atoms with Crippen LogP contribution in [0.2, 0.25) is 0 Å². The summed E-state index contributed by atoms with van der Waals surface area (Å²) in [4.78, 5) is 25.6. The average molecular weight is 282 g/mol. The van der Waals surface area contributed by atoms with E-state index in [4.69, 9.17) is 0 Å². The van der Waals surface area contributed by atoms with E-state index in [1.165, 1.54) is 0 Å². The summed E-state index contributed by atoms with van der Waals surface area (Å²) >= 11 is 0. The number of nitrogens with one attached hydrogen (secondary N) is 1. The molecule has 2 aliphatic rings. The summed E-state index contributed by atoms with van der Waals surface area (Å²) in [5.41, 5.74) is 0. The van der Waals surface area contributed by atoms with E-state index >= 15 is 0 Å². The fourth-order valence-corrected chi connectivity index (χ4v) is 3.46. The number of aliphatic carboxylic acids is 1. The summed E-state index contributed by atoms with van der Waals surface area (Å²) < 4.78 is 0. The van der Waals surface area contributed by atoms with Crippen molar-refractivity contribution in [2.75, 3.05) is 6.54 Å². The smallest absolute Gasteiger partial charge is 0.317 e. The van der Waals surface area contributed by atoms with Gasteiger partial charge in [0.2, 0.25) is 0 Å². The summed E-state index contributed by atoms with van der Waals surface area (Å²) in [7, 11) is 0. The summed E-state index contributed by atoms with van der Waals surface area (Å²) in [6.45, 7) is 5.03. The van der Waals surface area contributed by atoms with E-state index in [2.05, 4.69) is 19.2 Å². The van der Waals surface area contributed by atoms with Gasteiger partial charge in [-0.3, -0.25) is 4.79 Å². The molecule has 2 rings (SSSR count). The number of hydrogen-bond donors (Lipinski definition) is 2. The normalized spacial score (nSPS) is 34.6. The maximum atomic E-state index is 12.4. The molecule has 1 saturated heterocycles. The molecule has 2 N–H and O–H groups in total. The van der Waals surface area contributed by atoms with E-state index in [1.807, 2.05) is 4.90 Å². The van der Waals surface area contributed by atoms with Crippen molar-refractivity contribution >= 4 is 12.0 Å². The molecule has 5 nitrogen and oxygen atoms in total. The monoisotopic (exact) mass is 282 g/mol. The first-order valence-corrected chi connectivity index (χ1v) is 7.80. The molecule has 2 fully saturated rings. The summed E-state index contributed by atoms with van der Waals surface area (Å²) in [6, 6.07) is -0.0593. The Morgan fingerprint density at radius 3 is 2.50 bits per heavy atom. The van der Waals surface area contributed by atoms with Crippen molar-refractivity contribution in [3.63, 3.8) is 0 Å². The van der Waals surface area contributed by atoms with Crippen LogP contribution in [-0.2, 0) is 4.79 Å². The number of carbonyl (C=O) groups is 2. The van der Waals surface area contributed by atoms with Gasteiger partial charge in [0.25, 0.3) is 0 Å². The van der Waals surface area contributed by atoms with E-state index in [0.717, 1.165) is 38.6 Å².